The van der Waals surface area contributed by atoms with Crippen LogP contribution >= 0.6 is 0 Å². The molecule has 1 aromatic rings. The summed E-state index contributed by atoms with van der Waals surface area (Å²) in [4.78, 5) is -0.539. The number of halogens is 2. The van der Waals surface area contributed by atoms with Gasteiger partial charge in [0, 0.05) is 12.1 Å². The van der Waals surface area contributed by atoms with Crippen molar-refractivity contribution < 1.29 is 22.3 Å². The quantitative estimate of drug-likeness (QED) is 0.895. The van der Waals surface area contributed by atoms with E-state index >= 15 is 0 Å². The fourth-order valence-corrected chi connectivity index (χ4v) is 3.76. The highest BCUT2D eigenvalue weighted by Gasteiger charge is 2.27. The van der Waals surface area contributed by atoms with Crippen LogP contribution in [0.4, 0.5) is 8.78 Å². The molecule has 2 rings (SSSR count). The van der Waals surface area contributed by atoms with Gasteiger partial charge in [-0.05, 0) is 44.2 Å². The fourth-order valence-electron chi connectivity index (χ4n) is 2.31. The molecule has 0 amide bonds. The first-order valence-corrected chi connectivity index (χ1v) is 7.94. The Hall–Kier alpha value is -1.05. The van der Waals surface area contributed by atoms with Crippen molar-refractivity contribution >= 4 is 10.0 Å². The van der Waals surface area contributed by atoms with Gasteiger partial charge in [-0.1, -0.05) is 0 Å². The molecule has 0 bridgehead atoms. The minimum atomic E-state index is -4.02. The summed E-state index contributed by atoms with van der Waals surface area (Å²) in [6.07, 6.45) is 1.63. The average molecular weight is 305 g/mol. The van der Waals surface area contributed by atoms with E-state index in [4.69, 9.17) is 0 Å². The lowest BCUT2D eigenvalue weighted by molar-refractivity contribution is 0.120. The van der Waals surface area contributed by atoms with E-state index in [1.807, 2.05) is 0 Å². The Bertz CT molecular complexity index is 596. The van der Waals surface area contributed by atoms with Gasteiger partial charge in [-0.25, -0.2) is 21.9 Å². The zero-order valence-electron chi connectivity index (χ0n) is 11.1. The zero-order chi connectivity index (χ0) is 14.9. The summed E-state index contributed by atoms with van der Waals surface area (Å²) in [5.41, 5.74) is 0.0749. The highest BCUT2D eigenvalue weighted by Crippen LogP contribution is 2.23. The smallest absolute Gasteiger partial charge is 0.243 e. The number of rotatable bonds is 3. The third-order valence-electron chi connectivity index (χ3n) is 3.52. The Morgan fingerprint density at radius 2 is 1.75 bits per heavy atom. The monoisotopic (exact) mass is 305 g/mol. The SMILES string of the molecule is Cc1cc(S(=O)(=O)NC2CCC(O)CC2)c(F)cc1F. The van der Waals surface area contributed by atoms with E-state index in [0.29, 0.717) is 31.7 Å². The Morgan fingerprint density at radius 3 is 2.35 bits per heavy atom. The van der Waals surface area contributed by atoms with Crippen LogP contribution in [0, 0.1) is 18.6 Å². The second-order valence-electron chi connectivity index (χ2n) is 5.16. The van der Waals surface area contributed by atoms with Crippen molar-refractivity contribution in [3.05, 3.63) is 29.3 Å². The molecule has 1 saturated carbocycles. The third-order valence-corrected chi connectivity index (χ3v) is 5.06. The van der Waals surface area contributed by atoms with Crippen molar-refractivity contribution in [1.29, 1.82) is 0 Å². The van der Waals surface area contributed by atoms with E-state index in [1.54, 1.807) is 0 Å². The highest BCUT2D eigenvalue weighted by molar-refractivity contribution is 7.89. The molecule has 2 N–H and O–H groups in total. The normalized spacial score (nSPS) is 23.8. The molecule has 0 aliphatic heterocycles. The first-order chi connectivity index (χ1) is 9.29. The van der Waals surface area contributed by atoms with Crippen LogP contribution in [0.15, 0.2) is 17.0 Å². The molecule has 0 spiro atoms. The minimum absolute atomic E-state index is 0.0749. The lowest BCUT2D eigenvalue weighted by Crippen LogP contribution is -2.38. The molecule has 0 saturated heterocycles. The first-order valence-electron chi connectivity index (χ1n) is 6.45. The molecule has 1 aromatic carbocycles. The van der Waals surface area contributed by atoms with Crippen molar-refractivity contribution in [2.24, 2.45) is 0 Å². The van der Waals surface area contributed by atoms with Gasteiger partial charge in [0.2, 0.25) is 10.0 Å². The maximum Gasteiger partial charge on any atom is 0.243 e. The Morgan fingerprint density at radius 1 is 1.15 bits per heavy atom. The second kappa shape index (κ2) is 5.75. The maximum absolute atomic E-state index is 13.6. The largest absolute Gasteiger partial charge is 0.393 e. The number of hydrogen-bond acceptors (Lipinski definition) is 3. The number of aryl methyl sites for hydroxylation is 1. The Balaban J connectivity index is 2.20. The predicted molar refractivity (Wildman–Crippen MR) is 69.7 cm³/mol. The summed E-state index contributed by atoms with van der Waals surface area (Å²) < 4.78 is 53.5. The molecule has 1 fully saturated rings. The minimum Gasteiger partial charge on any atom is -0.393 e. The molecular weight excluding hydrogens is 288 g/mol. The van der Waals surface area contributed by atoms with Gasteiger partial charge in [0.15, 0.2) is 0 Å². The van der Waals surface area contributed by atoms with Gasteiger partial charge in [0.25, 0.3) is 0 Å². The van der Waals surface area contributed by atoms with E-state index in [9.17, 15) is 22.3 Å². The number of hydrogen-bond donors (Lipinski definition) is 2. The molecule has 112 valence electrons. The maximum atomic E-state index is 13.6. The van der Waals surface area contributed by atoms with Crippen molar-refractivity contribution in [2.45, 2.75) is 49.6 Å². The molecule has 1 aliphatic carbocycles. The van der Waals surface area contributed by atoms with Crippen LogP contribution in [0.5, 0.6) is 0 Å². The number of nitrogens with one attached hydrogen (secondary N) is 1. The average Bonchev–Trinajstić information content (AvgIpc) is 2.36. The van der Waals surface area contributed by atoms with Gasteiger partial charge < -0.3 is 5.11 Å². The third kappa shape index (κ3) is 3.34. The first kappa shape index (κ1) is 15.3. The van der Waals surface area contributed by atoms with E-state index < -0.39 is 32.7 Å². The second-order valence-corrected chi connectivity index (χ2v) is 6.84. The van der Waals surface area contributed by atoms with Crippen LogP contribution in [-0.4, -0.2) is 25.7 Å². The summed E-state index contributed by atoms with van der Waals surface area (Å²) in [5.74, 6) is -1.88. The van der Waals surface area contributed by atoms with Gasteiger partial charge in [0.1, 0.15) is 16.5 Å². The van der Waals surface area contributed by atoms with E-state index in [2.05, 4.69) is 4.72 Å². The highest BCUT2D eigenvalue weighted by atomic mass is 32.2. The predicted octanol–water partition coefficient (Wildman–Crippen LogP) is 1.86. The summed E-state index contributed by atoms with van der Waals surface area (Å²) in [6.45, 7) is 1.38. The standard InChI is InChI=1S/C13H17F2NO3S/c1-8-6-13(12(15)7-11(8)14)20(18,19)16-9-2-4-10(17)5-3-9/h6-7,9-10,16-17H,2-5H2,1H3. The molecule has 0 atom stereocenters. The van der Waals surface area contributed by atoms with E-state index in [0.717, 1.165) is 6.07 Å². The van der Waals surface area contributed by atoms with Crippen LogP contribution < -0.4 is 4.72 Å². The summed E-state index contributed by atoms with van der Waals surface area (Å²) in [7, 11) is -4.02. The zero-order valence-corrected chi connectivity index (χ0v) is 11.9. The van der Waals surface area contributed by atoms with Crippen LogP contribution in [-0.2, 0) is 10.0 Å². The van der Waals surface area contributed by atoms with Gasteiger partial charge in [0.05, 0.1) is 6.10 Å². The molecule has 7 heteroatoms. The van der Waals surface area contributed by atoms with Gasteiger partial charge in [-0.2, -0.15) is 0 Å². The number of sulfonamides is 1. The molecule has 0 heterocycles. The van der Waals surface area contributed by atoms with Crippen molar-refractivity contribution in [3.8, 4) is 0 Å². The molecule has 20 heavy (non-hydrogen) atoms. The topological polar surface area (TPSA) is 66.4 Å². The molecule has 0 radical (unpaired) electrons. The molecule has 0 unspecified atom stereocenters. The van der Waals surface area contributed by atoms with Crippen molar-refractivity contribution in [1.82, 2.24) is 4.72 Å². The Kier molecular flexibility index (Phi) is 4.41. The van der Waals surface area contributed by atoms with Gasteiger partial charge in [-0.15, -0.1) is 0 Å². The van der Waals surface area contributed by atoms with Crippen molar-refractivity contribution in [2.75, 3.05) is 0 Å². The fraction of sp³-hybridized carbons (Fsp3) is 0.538. The van der Waals surface area contributed by atoms with E-state index in [1.165, 1.54) is 6.92 Å². The summed E-state index contributed by atoms with van der Waals surface area (Å²) in [6, 6.07) is 1.24. The van der Waals surface area contributed by atoms with Crippen LogP contribution in [0.3, 0.4) is 0 Å². The van der Waals surface area contributed by atoms with Gasteiger partial charge >= 0.3 is 0 Å². The van der Waals surface area contributed by atoms with E-state index in [-0.39, 0.29) is 11.6 Å². The van der Waals surface area contributed by atoms with Crippen molar-refractivity contribution in [3.63, 3.8) is 0 Å². The lowest BCUT2D eigenvalue weighted by Gasteiger charge is -2.26. The summed E-state index contributed by atoms with van der Waals surface area (Å²) in [5, 5.41) is 9.37. The number of aliphatic hydroxyl groups excluding tert-OH is 1. The van der Waals surface area contributed by atoms with Crippen LogP contribution in [0.2, 0.25) is 0 Å². The summed E-state index contributed by atoms with van der Waals surface area (Å²) >= 11 is 0. The Labute approximate surface area is 116 Å². The van der Waals surface area contributed by atoms with Crippen LogP contribution in [0.1, 0.15) is 31.2 Å². The molecule has 1 aliphatic rings. The number of aliphatic hydroxyl groups is 1. The van der Waals surface area contributed by atoms with Gasteiger partial charge in [-0.3, -0.25) is 0 Å². The molecule has 4 nitrogen and oxygen atoms in total. The molecule has 0 aromatic heterocycles. The van der Waals surface area contributed by atoms with Crippen LogP contribution in [0.25, 0.3) is 0 Å². The molecular formula is C13H17F2NO3S. The number of benzene rings is 1. The lowest BCUT2D eigenvalue weighted by atomic mass is 9.94.